The first-order valence-corrected chi connectivity index (χ1v) is 22.2. The fraction of sp³-hybridized carbons (Fsp3) is 0. The predicted octanol–water partition coefficient (Wildman–Crippen LogP) is 14.4. The number of hydrogen-bond acceptors (Lipinski definition) is 7. The number of imidazole rings is 1. The van der Waals surface area contributed by atoms with Gasteiger partial charge in [-0.3, -0.25) is 9.20 Å². The molecule has 9 aromatic carbocycles. The van der Waals surface area contributed by atoms with Gasteiger partial charge in [-0.05, 0) is 76.2 Å². The standard InChI is InChI=1S/C59H33N5O3/c65-59-42-21-11-10-20-40(42)53-41(28-29-46-54(53)64(59)58(60-46)36-18-8-3-9-19-36)39-22-12-24-49-51(39)44-32-37(26-30-47(44)66-49)38-27-31-48-45(33-38)52-43(23-13-25-50(52)67-48)57-62-55(34-14-4-1-5-15-34)61-56(63-57)35-16-6-2-7-17-35/h1-33H. The van der Waals surface area contributed by atoms with Crippen LogP contribution in [-0.4, -0.2) is 24.3 Å². The monoisotopic (exact) mass is 859 g/mol. The highest BCUT2D eigenvalue weighted by molar-refractivity contribution is 6.22. The van der Waals surface area contributed by atoms with Gasteiger partial charge in [0.2, 0.25) is 0 Å². The van der Waals surface area contributed by atoms with Crippen LogP contribution in [-0.2, 0) is 0 Å². The van der Waals surface area contributed by atoms with E-state index in [2.05, 4.69) is 48.5 Å². The molecule has 0 aliphatic carbocycles. The van der Waals surface area contributed by atoms with Crippen molar-refractivity contribution in [1.82, 2.24) is 24.3 Å². The minimum absolute atomic E-state index is 0.0881. The number of furan rings is 2. The van der Waals surface area contributed by atoms with Gasteiger partial charge in [-0.1, -0.05) is 152 Å². The van der Waals surface area contributed by atoms with Gasteiger partial charge < -0.3 is 8.83 Å². The number of pyridine rings is 1. The van der Waals surface area contributed by atoms with Crippen molar-refractivity contribution in [2.45, 2.75) is 0 Å². The molecule has 5 aromatic heterocycles. The van der Waals surface area contributed by atoms with E-state index in [0.29, 0.717) is 28.7 Å². The van der Waals surface area contributed by atoms with Crippen LogP contribution in [0.25, 0.3) is 139 Å². The zero-order valence-electron chi connectivity index (χ0n) is 35.5. The SMILES string of the molecule is O=c1c2ccccc2c2c(-c3cccc4oc5ccc(-c6ccc7oc8cccc(-c9nc(-c%10ccccc%10)nc(-c%10ccccc%10)n9)c8c7c6)cc5c34)ccc3nc(-c4ccccc4)n1c32. The van der Waals surface area contributed by atoms with Crippen molar-refractivity contribution >= 4 is 71.1 Å². The zero-order chi connectivity index (χ0) is 44.2. The van der Waals surface area contributed by atoms with E-state index in [4.69, 9.17) is 28.8 Å². The van der Waals surface area contributed by atoms with Crippen molar-refractivity contribution in [2.75, 3.05) is 0 Å². The first-order chi connectivity index (χ1) is 33.1. The summed E-state index contributed by atoms with van der Waals surface area (Å²) < 4.78 is 14.9. The molecule has 0 aliphatic heterocycles. The Morgan fingerprint density at radius 2 is 0.851 bits per heavy atom. The van der Waals surface area contributed by atoms with Gasteiger partial charge in [0, 0.05) is 54.6 Å². The van der Waals surface area contributed by atoms with E-state index >= 15 is 0 Å². The van der Waals surface area contributed by atoms with E-state index < -0.39 is 0 Å². The van der Waals surface area contributed by atoms with Crippen LogP contribution in [0.3, 0.4) is 0 Å². The van der Waals surface area contributed by atoms with Crippen LogP contribution in [0.5, 0.6) is 0 Å². The average molecular weight is 860 g/mol. The summed E-state index contributed by atoms with van der Waals surface area (Å²) in [5.41, 5.74) is 12.1. The molecule has 0 N–H and O–H groups in total. The Labute approximate surface area is 381 Å². The summed E-state index contributed by atoms with van der Waals surface area (Å²) in [5.74, 6) is 2.38. The molecule has 0 unspecified atom stereocenters. The number of nitrogens with zero attached hydrogens (tertiary/aromatic N) is 5. The third kappa shape index (κ3) is 5.70. The predicted molar refractivity (Wildman–Crippen MR) is 268 cm³/mol. The Morgan fingerprint density at radius 3 is 1.46 bits per heavy atom. The lowest BCUT2D eigenvalue weighted by Gasteiger charge is -2.12. The molecule has 0 saturated heterocycles. The van der Waals surface area contributed by atoms with Crippen LogP contribution in [0, 0.1) is 0 Å². The van der Waals surface area contributed by atoms with E-state index in [-0.39, 0.29) is 5.56 Å². The Morgan fingerprint density at radius 1 is 0.343 bits per heavy atom. The summed E-state index contributed by atoms with van der Waals surface area (Å²) in [6.07, 6.45) is 0. The van der Waals surface area contributed by atoms with Crippen LogP contribution in [0.2, 0.25) is 0 Å². The van der Waals surface area contributed by atoms with Crippen molar-refractivity contribution in [3.8, 4) is 67.8 Å². The normalized spacial score (nSPS) is 11.9. The van der Waals surface area contributed by atoms with Gasteiger partial charge in [0.25, 0.3) is 5.56 Å². The molecule has 0 saturated carbocycles. The second kappa shape index (κ2) is 14.4. The average Bonchev–Trinajstić information content (AvgIpc) is 4.10. The van der Waals surface area contributed by atoms with Gasteiger partial charge in [-0.2, -0.15) is 0 Å². The van der Waals surface area contributed by atoms with Gasteiger partial charge in [0.15, 0.2) is 17.5 Å². The summed E-state index contributed by atoms with van der Waals surface area (Å²) in [5, 5.41) is 6.36. The van der Waals surface area contributed by atoms with Gasteiger partial charge in [-0.25, -0.2) is 19.9 Å². The number of fused-ring (bicyclic) bond motifs is 8. The molecule has 8 nitrogen and oxygen atoms in total. The minimum Gasteiger partial charge on any atom is -0.456 e. The van der Waals surface area contributed by atoms with Crippen LogP contribution in [0.15, 0.2) is 214 Å². The molecular formula is C59H33N5O3. The van der Waals surface area contributed by atoms with Crippen LogP contribution in [0.1, 0.15) is 0 Å². The third-order valence-electron chi connectivity index (χ3n) is 13.0. The van der Waals surface area contributed by atoms with Gasteiger partial charge in [0.1, 0.15) is 28.2 Å². The molecule has 67 heavy (non-hydrogen) atoms. The number of rotatable bonds is 6. The largest absolute Gasteiger partial charge is 0.456 e. The summed E-state index contributed by atoms with van der Waals surface area (Å²) in [7, 11) is 0. The van der Waals surface area contributed by atoms with Gasteiger partial charge >= 0.3 is 0 Å². The molecule has 0 spiro atoms. The Kier molecular flexibility index (Phi) is 7.97. The molecule has 0 radical (unpaired) electrons. The number of benzene rings is 9. The smallest absolute Gasteiger partial charge is 0.264 e. The van der Waals surface area contributed by atoms with Crippen LogP contribution in [0.4, 0.5) is 0 Å². The molecule has 0 amide bonds. The fourth-order valence-electron chi connectivity index (χ4n) is 10.0. The Bertz CT molecular complexity index is 4290. The molecule has 5 heterocycles. The second-order valence-corrected chi connectivity index (χ2v) is 16.9. The minimum atomic E-state index is -0.0881. The first-order valence-electron chi connectivity index (χ1n) is 22.2. The molecule has 0 atom stereocenters. The molecule has 14 aromatic rings. The number of hydrogen-bond donors (Lipinski definition) is 0. The summed E-state index contributed by atoms with van der Waals surface area (Å²) in [6, 6.07) is 67.0. The molecule has 0 bridgehead atoms. The van der Waals surface area contributed by atoms with E-state index in [0.717, 1.165) is 110 Å². The summed E-state index contributed by atoms with van der Waals surface area (Å²) in [6.45, 7) is 0. The number of aromatic nitrogens is 5. The lowest BCUT2D eigenvalue weighted by Crippen LogP contribution is -2.14. The third-order valence-corrected chi connectivity index (χ3v) is 13.0. The van der Waals surface area contributed by atoms with Crippen molar-refractivity contribution in [3.05, 3.63) is 211 Å². The molecule has 0 aliphatic rings. The molecule has 0 fully saturated rings. The lowest BCUT2D eigenvalue weighted by atomic mass is 9.92. The van der Waals surface area contributed by atoms with E-state index in [1.54, 1.807) is 4.40 Å². The Balaban J connectivity index is 0.957. The maximum absolute atomic E-state index is 14.4. The van der Waals surface area contributed by atoms with Crippen molar-refractivity contribution < 1.29 is 8.83 Å². The molecule has 14 rings (SSSR count). The van der Waals surface area contributed by atoms with Crippen molar-refractivity contribution in [3.63, 3.8) is 0 Å². The zero-order valence-corrected chi connectivity index (χ0v) is 35.5. The van der Waals surface area contributed by atoms with Crippen molar-refractivity contribution in [2.24, 2.45) is 0 Å². The van der Waals surface area contributed by atoms with Gasteiger partial charge in [-0.15, -0.1) is 0 Å². The highest BCUT2D eigenvalue weighted by atomic mass is 16.3. The Hall–Kier alpha value is -9.27. The van der Waals surface area contributed by atoms with E-state index in [9.17, 15) is 4.79 Å². The van der Waals surface area contributed by atoms with Crippen molar-refractivity contribution in [1.29, 1.82) is 0 Å². The lowest BCUT2D eigenvalue weighted by molar-refractivity contribution is 0.668. The highest BCUT2D eigenvalue weighted by Gasteiger charge is 2.24. The summed E-state index contributed by atoms with van der Waals surface area (Å²) >= 11 is 0. The van der Waals surface area contributed by atoms with Crippen LogP contribution < -0.4 is 5.56 Å². The molecule has 8 heteroatoms. The van der Waals surface area contributed by atoms with E-state index in [1.807, 2.05) is 152 Å². The van der Waals surface area contributed by atoms with Crippen LogP contribution >= 0.6 is 0 Å². The molecular weight excluding hydrogens is 827 g/mol. The second-order valence-electron chi connectivity index (χ2n) is 16.9. The molecule has 312 valence electrons. The topological polar surface area (TPSA) is 99.3 Å². The van der Waals surface area contributed by atoms with Gasteiger partial charge in [0.05, 0.1) is 11.0 Å². The fourth-order valence-corrected chi connectivity index (χ4v) is 10.0. The van der Waals surface area contributed by atoms with E-state index in [1.165, 1.54) is 0 Å². The maximum atomic E-state index is 14.4. The summed E-state index contributed by atoms with van der Waals surface area (Å²) in [4.78, 5) is 34.5. The quantitative estimate of drug-likeness (QED) is 0.154. The maximum Gasteiger partial charge on any atom is 0.264 e. The highest BCUT2D eigenvalue weighted by Crippen LogP contribution is 2.44. The first kappa shape index (κ1) is 37.1.